The molecule has 0 heterocycles. The molecule has 0 aromatic heterocycles. The summed E-state index contributed by atoms with van der Waals surface area (Å²) < 4.78 is 32.1. The molecule has 0 radical (unpaired) electrons. The number of halogens is 2. The average molecular weight is 287 g/mol. The highest BCUT2D eigenvalue weighted by molar-refractivity contribution is 5.28. The molecular weight excluding hydrogens is 264 g/mol. The predicted molar refractivity (Wildman–Crippen MR) is 74.5 cm³/mol. The highest BCUT2D eigenvalue weighted by Crippen LogP contribution is 2.28. The maximum Gasteiger partial charge on any atom is 0.126 e. The van der Waals surface area contributed by atoms with Crippen LogP contribution in [0.5, 0.6) is 0 Å². The molecule has 0 fully saturated rings. The minimum Gasteiger partial charge on any atom is -0.395 e. The average Bonchev–Trinajstić information content (AvgIpc) is 2.38. The van der Waals surface area contributed by atoms with Gasteiger partial charge in [-0.1, -0.05) is 13.8 Å². The van der Waals surface area contributed by atoms with E-state index in [-0.39, 0.29) is 13.2 Å². The fourth-order valence-corrected chi connectivity index (χ4v) is 2.05. The zero-order valence-corrected chi connectivity index (χ0v) is 12.0. The number of aliphatic hydroxyl groups excluding tert-OH is 1. The van der Waals surface area contributed by atoms with Crippen molar-refractivity contribution in [2.24, 2.45) is 11.7 Å². The summed E-state index contributed by atoms with van der Waals surface area (Å²) >= 11 is 0. The number of rotatable bonds is 8. The van der Waals surface area contributed by atoms with Crippen molar-refractivity contribution >= 4 is 0 Å². The lowest BCUT2D eigenvalue weighted by Gasteiger charge is -2.31. The molecule has 0 bridgehead atoms. The fourth-order valence-electron chi connectivity index (χ4n) is 2.05. The van der Waals surface area contributed by atoms with Gasteiger partial charge >= 0.3 is 0 Å². The van der Waals surface area contributed by atoms with Crippen LogP contribution in [0, 0.1) is 17.6 Å². The van der Waals surface area contributed by atoms with Gasteiger partial charge in [-0.2, -0.15) is 0 Å². The van der Waals surface area contributed by atoms with E-state index in [0.29, 0.717) is 31.1 Å². The Balaban J connectivity index is 2.84. The zero-order valence-electron chi connectivity index (χ0n) is 12.0. The van der Waals surface area contributed by atoms with Crippen LogP contribution in [-0.4, -0.2) is 31.5 Å². The van der Waals surface area contributed by atoms with Crippen molar-refractivity contribution in [1.29, 1.82) is 0 Å². The Hall–Kier alpha value is -1.04. The Morgan fingerprint density at radius 3 is 2.30 bits per heavy atom. The molecule has 3 nitrogen and oxygen atoms in total. The molecule has 5 heteroatoms. The number of hydrogen-bond donors (Lipinski definition) is 2. The van der Waals surface area contributed by atoms with E-state index >= 15 is 0 Å². The van der Waals surface area contributed by atoms with Crippen LogP contribution >= 0.6 is 0 Å². The maximum atomic E-state index is 13.3. The van der Waals surface area contributed by atoms with Gasteiger partial charge in [-0.05, 0) is 30.0 Å². The van der Waals surface area contributed by atoms with Crippen LogP contribution in [0.2, 0.25) is 0 Å². The molecule has 1 unspecified atom stereocenters. The predicted octanol–water partition coefficient (Wildman–Crippen LogP) is 2.22. The van der Waals surface area contributed by atoms with E-state index in [1.807, 2.05) is 13.8 Å². The fraction of sp³-hybridized carbons (Fsp3) is 0.600. The minimum atomic E-state index is -0.875. The second-order valence-corrected chi connectivity index (χ2v) is 5.52. The first-order valence-electron chi connectivity index (χ1n) is 6.79. The lowest BCUT2D eigenvalue weighted by Crippen LogP contribution is -2.40. The lowest BCUT2D eigenvalue weighted by molar-refractivity contribution is 0.0788. The number of benzene rings is 1. The van der Waals surface area contributed by atoms with Crippen LogP contribution in [0.4, 0.5) is 8.78 Å². The van der Waals surface area contributed by atoms with Gasteiger partial charge in [0.2, 0.25) is 0 Å². The maximum absolute atomic E-state index is 13.3. The first-order valence-corrected chi connectivity index (χ1v) is 6.79. The summed E-state index contributed by atoms with van der Waals surface area (Å²) in [5.74, 6) is -0.938. The van der Waals surface area contributed by atoms with Crippen LogP contribution in [0.3, 0.4) is 0 Å². The van der Waals surface area contributed by atoms with Crippen molar-refractivity contribution in [1.82, 2.24) is 0 Å². The summed E-state index contributed by atoms with van der Waals surface area (Å²) in [6, 6.07) is 3.24. The van der Waals surface area contributed by atoms with Gasteiger partial charge in [-0.15, -0.1) is 0 Å². The van der Waals surface area contributed by atoms with E-state index < -0.39 is 17.0 Å². The van der Waals surface area contributed by atoms with Gasteiger partial charge in [0, 0.05) is 31.2 Å². The summed E-state index contributed by atoms with van der Waals surface area (Å²) in [5.41, 5.74) is 5.23. The quantitative estimate of drug-likeness (QED) is 0.721. The van der Waals surface area contributed by atoms with E-state index in [1.54, 1.807) is 0 Å². The first kappa shape index (κ1) is 17.0. The molecule has 0 amide bonds. The van der Waals surface area contributed by atoms with Crippen LogP contribution in [0.15, 0.2) is 18.2 Å². The summed E-state index contributed by atoms with van der Waals surface area (Å²) in [6.07, 6.45) is 0.412. The monoisotopic (exact) mass is 287 g/mol. The van der Waals surface area contributed by atoms with E-state index in [0.717, 1.165) is 6.07 Å². The summed E-state index contributed by atoms with van der Waals surface area (Å²) in [7, 11) is 0. The standard InChI is InChI=1S/C15H23F2NO2/c1-11(2)8-20-4-3-15(9-18,10-19)12-5-13(16)7-14(17)6-12/h5-7,11,19H,3-4,8-10,18H2,1-2H3. The summed E-state index contributed by atoms with van der Waals surface area (Å²) in [6.45, 7) is 4.86. The second kappa shape index (κ2) is 7.67. The molecule has 1 aromatic rings. The Morgan fingerprint density at radius 2 is 1.85 bits per heavy atom. The van der Waals surface area contributed by atoms with E-state index in [1.165, 1.54) is 12.1 Å². The van der Waals surface area contributed by atoms with Crippen molar-refractivity contribution in [3.8, 4) is 0 Å². The van der Waals surface area contributed by atoms with Crippen LogP contribution < -0.4 is 5.73 Å². The van der Waals surface area contributed by atoms with Gasteiger partial charge < -0.3 is 15.6 Å². The number of ether oxygens (including phenoxy) is 1. The van der Waals surface area contributed by atoms with Crippen molar-refractivity contribution < 1.29 is 18.6 Å². The molecule has 1 atom stereocenters. The first-order chi connectivity index (χ1) is 9.43. The van der Waals surface area contributed by atoms with Gasteiger partial charge in [0.15, 0.2) is 0 Å². The summed E-state index contributed by atoms with van der Waals surface area (Å²) in [4.78, 5) is 0. The van der Waals surface area contributed by atoms with Crippen LogP contribution in [-0.2, 0) is 10.2 Å². The Morgan fingerprint density at radius 1 is 1.25 bits per heavy atom. The topological polar surface area (TPSA) is 55.5 Å². The number of hydrogen-bond acceptors (Lipinski definition) is 3. The van der Waals surface area contributed by atoms with Gasteiger partial charge in [-0.25, -0.2) is 8.78 Å². The Labute approximate surface area is 118 Å². The third-order valence-electron chi connectivity index (χ3n) is 3.34. The largest absolute Gasteiger partial charge is 0.395 e. The van der Waals surface area contributed by atoms with Crippen molar-refractivity contribution in [3.05, 3.63) is 35.4 Å². The Kier molecular flexibility index (Phi) is 6.52. The molecule has 114 valence electrons. The smallest absolute Gasteiger partial charge is 0.126 e. The molecule has 0 aliphatic carbocycles. The SMILES string of the molecule is CC(C)COCCC(CN)(CO)c1cc(F)cc(F)c1. The van der Waals surface area contributed by atoms with Gasteiger partial charge in [0.05, 0.1) is 6.61 Å². The van der Waals surface area contributed by atoms with Gasteiger partial charge in [-0.3, -0.25) is 0 Å². The van der Waals surface area contributed by atoms with Crippen LogP contribution in [0.1, 0.15) is 25.8 Å². The molecule has 0 saturated heterocycles. The molecule has 1 rings (SSSR count). The molecule has 0 aliphatic rings. The molecule has 1 aromatic carbocycles. The van der Waals surface area contributed by atoms with Crippen molar-refractivity contribution in [2.75, 3.05) is 26.4 Å². The van der Waals surface area contributed by atoms with E-state index in [4.69, 9.17) is 10.5 Å². The van der Waals surface area contributed by atoms with Crippen molar-refractivity contribution in [2.45, 2.75) is 25.7 Å². The molecule has 3 N–H and O–H groups in total. The molecule has 20 heavy (non-hydrogen) atoms. The number of aliphatic hydroxyl groups is 1. The van der Waals surface area contributed by atoms with E-state index in [2.05, 4.69) is 0 Å². The molecule has 0 saturated carbocycles. The molecular formula is C15H23F2NO2. The van der Waals surface area contributed by atoms with Crippen molar-refractivity contribution in [3.63, 3.8) is 0 Å². The molecule has 0 aliphatic heterocycles. The highest BCUT2D eigenvalue weighted by atomic mass is 19.1. The minimum absolute atomic E-state index is 0.0947. The lowest BCUT2D eigenvalue weighted by atomic mass is 9.78. The summed E-state index contributed by atoms with van der Waals surface area (Å²) in [5, 5.41) is 9.64. The Bertz CT molecular complexity index is 400. The van der Waals surface area contributed by atoms with Crippen LogP contribution in [0.25, 0.3) is 0 Å². The van der Waals surface area contributed by atoms with E-state index in [9.17, 15) is 13.9 Å². The highest BCUT2D eigenvalue weighted by Gasteiger charge is 2.31. The normalized spacial score (nSPS) is 14.6. The third-order valence-corrected chi connectivity index (χ3v) is 3.34. The molecule has 0 spiro atoms. The van der Waals surface area contributed by atoms with Gasteiger partial charge in [0.25, 0.3) is 0 Å². The third kappa shape index (κ3) is 4.51. The zero-order chi connectivity index (χ0) is 15.2. The number of nitrogens with two attached hydrogens (primary N) is 1. The second-order valence-electron chi connectivity index (χ2n) is 5.52. The van der Waals surface area contributed by atoms with Gasteiger partial charge in [0.1, 0.15) is 11.6 Å².